The Bertz CT molecular complexity index is 6960. The molecule has 0 saturated heterocycles. The molecule has 0 fully saturated rings. The highest BCUT2D eigenvalue weighted by Gasteiger charge is 2.52. The van der Waals surface area contributed by atoms with Crippen LogP contribution in [0.1, 0.15) is 72.2 Å². The van der Waals surface area contributed by atoms with Gasteiger partial charge in [-0.2, -0.15) is 0 Å². The van der Waals surface area contributed by atoms with E-state index in [1.54, 1.807) is 0 Å². The first-order chi connectivity index (χ1) is 52.1. The first-order valence-electron chi connectivity index (χ1n) is 37.1. The normalized spacial score (nSPS) is 14.3. The molecule has 0 unspecified atom stereocenters. The van der Waals surface area contributed by atoms with E-state index in [1.807, 2.05) is 0 Å². The fraction of sp³-hybridized carbons (Fsp3) is 0.0693. The van der Waals surface area contributed by atoms with Crippen molar-refractivity contribution < 1.29 is 0 Å². The summed E-state index contributed by atoms with van der Waals surface area (Å²) in [6, 6.07) is 125. The van der Waals surface area contributed by atoms with Crippen LogP contribution in [-0.4, -0.2) is 23.7 Å². The first kappa shape index (κ1) is 59.3. The molecular formula is C101H67N5. The second-order valence-corrected chi connectivity index (χ2v) is 30.7. The van der Waals surface area contributed by atoms with E-state index in [-0.39, 0.29) is 10.8 Å². The minimum atomic E-state index is -0.623. The number of fused-ring (bicyclic) bond motifs is 25. The number of nitrogens with zero attached hydrogens (tertiary/aromatic N) is 5. The fourth-order valence-electron chi connectivity index (χ4n) is 19.8. The molecule has 0 radical (unpaired) electrons. The Kier molecular flexibility index (Phi) is 12.0. The van der Waals surface area contributed by atoms with Crippen LogP contribution in [0.2, 0.25) is 0 Å². The highest BCUT2D eigenvalue weighted by molar-refractivity contribution is 6.16. The summed E-state index contributed by atoms with van der Waals surface area (Å²) in [6.45, 7) is 9.56. The van der Waals surface area contributed by atoms with Gasteiger partial charge < -0.3 is 9.13 Å². The van der Waals surface area contributed by atoms with Gasteiger partial charge in [-0.05, 0) is 214 Å². The average molecular weight is 1350 g/mol. The summed E-state index contributed by atoms with van der Waals surface area (Å²) in [5, 5.41) is 7.28. The van der Waals surface area contributed by atoms with Gasteiger partial charge in [0.1, 0.15) is 0 Å². The molecule has 4 heterocycles. The summed E-state index contributed by atoms with van der Waals surface area (Å²) in [7, 11) is 0. The molecule has 23 rings (SSSR count). The monoisotopic (exact) mass is 1350 g/mol. The molecule has 0 amide bonds. The lowest BCUT2D eigenvalue weighted by molar-refractivity contribution is 0.661. The Morgan fingerprint density at radius 1 is 0.208 bits per heavy atom. The van der Waals surface area contributed by atoms with Gasteiger partial charge in [0.15, 0.2) is 0 Å². The maximum Gasteiger partial charge on any atom is 0.235 e. The first-order valence-corrected chi connectivity index (χ1v) is 37.1. The van der Waals surface area contributed by atoms with Crippen molar-refractivity contribution in [1.29, 1.82) is 0 Å². The van der Waals surface area contributed by atoms with E-state index < -0.39 is 5.41 Å². The lowest BCUT2D eigenvalue weighted by atomic mass is 9.70. The van der Waals surface area contributed by atoms with Crippen molar-refractivity contribution in [1.82, 2.24) is 23.7 Å². The number of hydrogen-bond acceptors (Lipinski definition) is 2. The Labute approximate surface area is 613 Å². The van der Waals surface area contributed by atoms with Gasteiger partial charge in [-0.1, -0.05) is 258 Å². The summed E-state index contributed by atoms with van der Waals surface area (Å²) < 4.78 is 7.35. The van der Waals surface area contributed by atoms with Crippen molar-refractivity contribution in [2.45, 2.75) is 43.9 Å². The SMILES string of the molecule is CC1(C)c2ccccc2-c2cc3c4cc(-c5ccc6c(c5)c5cc7c(cc5n6-c5cccc(-c6ccc8c(c6)-c6cc9c%10ccccc%10n(-c%10nc(-c%11ccccc%11)cc(-c%11ccccc%11)n%10)c9cc6C86c8ccccc8-c8ccccc86)c5)C(C)(C)c5ccccc5-7)ccc4n(-c4ccccc4)c3cc21. The van der Waals surface area contributed by atoms with Gasteiger partial charge in [0.2, 0.25) is 5.95 Å². The molecule has 15 aromatic carbocycles. The predicted molar refractivity (Wildman–Crippen MR) is 438 cm³/mol. The van der Waals surface area contributed by atoms with E-state index in [0.717, 1.165) is 66.8 Å². The third-order valence-corrected chi connectivity index (χ3v) is 24.7. The van der Waals surface area contributed by atoms with Crippen LogP contribution in [0.4, 0.5) is 0 Å². The molecule has 5 nitrogen and oxygen atoms in total. The second-order valence-electron chi connectivity index (χ2n) is 30.7. The molecule has 4 aromatic heterocycles. The summed E-state index contributed by atoms with van der Waals surface area (Å²) in [5.74, 6) is 0.632. The molecule has 1 spiro atoms. The molecule has 0 N–H and O–H groups in total. The van der Waals surface area contributed by atoms with Gasteiger partial charge >= 0.3 is 0 Å². The lowest BCUT2D eigenvalue weighted by Gasteiger charge is -2.30. The Morgan fingerprint density at radius 3 is 1.14 bits per heavy atom. The Morgan fingerprint density at radius 2 is 0.575 bits per heavy atom. The van der Waals surface area contributed by atoms with E-state index in [2.05, 4.69) is 375 Å². The Balaban J connectivity index is 0.715. The average Bonchev–Trinajstić information content (AvgIpc) is 1.50. The van der Waals surface area contributed by atoms with Crippen molar-refractivity contribution in [2.75, 3.05) is 0 Å². The smallest absolute Gasteiger partial charge is 0.235 e. The third kappa shape index (κ3) is 7.98. The van der Waals surface area contributed by atoms with Crippen LogP contribution in [0.15, 0.2) is 334 Å². The minimum Gasteiger partial charge on any atom is -0.309 e. The topological polar surface area (TPSA) is 40.6 Å². The van der Waals surface area contributed by atoms with Gasteiger partial charge in [0.05, 0.1) is 49.9 Å². The van der Waals surface area contributed by atoms with Crippen LogP contribution in [0.5, 0.6) is 0 Å². The van der Waals surface area contributed by atoms with Crippen molar-refractivity contribution >= 4 is 65.4 Å². The largest absolute Gasteiger partial charge is 0.309 e. The number of para-hydroxylation sites is 2. The van der Waals surface area contributed by atoms with Crippen LogP contribution in [0.25, 0.3) is 172 Å². The summed E-state index contributed by atoms with van der Waals surface area (Å²) in [5.41, 5.74) is 37.6. The van der Waals surface area contributed by atoms with E-state index in [1.165, 1.54) is 144 Å². The van der Waals surface area contributed by atoms with E-state index >= 15 is 0 Å². The number of hydrogen-bond donors (Lipinski definition) is 0. The van der Waals surface area contributed by atoms with Crippen molar-refractivity contribution in [2.24, 2.45) is 0 Å². The number of benzene rings is 15. The van der Waals surface area contributed by atoms with Gasteiger partial charge in [0, 0.05) is 65.6 Å². The van der Waals surface area contributed by atoms with Crippen LogP contribution in [0, 0.1) is 0 Å². The van der Waals surface area contributed by atoms with Crippen LogP contribution >= 0.6 is 0 Å². The zero-order valence-corrected chi connectivity index (χ0v) is 59.0. The maximum atomic E-state index is 5.51. The van der Waals surface area contributed by atoms with Crippen LogP contribution in [0.3, 0.4) is 0 Å². The summed E-state index contributed by atoms with van der Waals surface area (Å²) in [6.07, 6.45) is 0. The molecule has 5 heteroatoms. The highest BCUT2D eigenvalue weighted by atomic mass is 15.2. The molecule has 19 aromatic rings. The quantitative estimate of drug-likeness (QED) is 0.160. The fourth-order valence-corrected chi connectivity index (χ4v) is 19.8. The third-order valence-electron chi connectivity index (χ3n) is 24.7. The number of aromatic nitrogens is 5. The molecule has 0 bridgehead atoms. The molecule has 106 heavy (non-hydrogen) atoms. The minimum absolute atomic E-state index is 0.129. The molecule has 0 aliphatic heterocycles. The highest BCUT2D eigenvalue weighted by Crippen LogP contribution is 2.64. The van der Waals surface area contributed by atoms with Gasteiger partial charge in [-0.25, -0.2) is 9.97 Å². The summed E-state index contributed by atoms with van der Waals surface area (Å²) >= 11 is 0. The van der Waals surface area contributed by atoms with E-state index in [0.29, 0.717) is 5.95 Å². The predicted octanol–water partition coefficient (Wildman–Crippen LogP) is 25.4. The van der Waals surface area contributed by atoms with E-state index in [9.17, 15) is 0 Å². The number of rotatable bonds is 7. The van der Waals surface area contributed by atoms with E-state index in [4.69, 9.17) is 9.97 Å². The van der Waals surface area contributed by atoms with Crippen LogP contribution < -0.4 is 0 Å². The standard InChI is InChI=1S/C101H67N5/c1-99(2)82-38-19-14-35-70(82)74-53-80-77-51-64(44-47-93(77)104(95(80)56-87(74)99)66-30-12-7-13-31-66)65-45-48-94-78(52-65)81-54-75-71-36-15-20-39-83(71)100(3,4)88(75)57-96(81)105(94)67-32-24-29-62(49-67)63-43-46-86-73(50-63)76-55-79-72-37-18-23-42-92(72)106(98-102-90(60-25-8-5-9-26-60)59-91(103-98)61-27-10-6-11-28-61)97(79)58-89(76)101(86)84-40-21-16-33-68(84)69-34-17-22-41-85(69)101/h5-59H,1-4H3. The molecule has 496 valence electrons. The molecular weight excluding hydrogens is 1280 g/mol. The lowest BCUT2D eigenvalue weighted by Crippen LogP contribution is -2.25. The molecule has 0 atom stereocenters. The van der Waals surface area contributed by atoms with Crippen LogP contribution in [-0.2, 0) is 16.2 Å². The summed E-state index contributed by atoms with van der Waals surface area (Å²) in [4.78, 5) is 11.0. The van der Waals surface area contributed by atoms with Gasteiger partial charge in [-0.15, -0.1) is 0 Å². The Hall–Kier alpha value is -13.2. The van der Waals surface area contributed by atoms with Crippen molar-refractivity contribution in [3.05, 3.63) is 378 Å². The molecule has 0 saturated carbocycles. The molecule has 4 aliphatic rings. The zero-order chi connectivity index (χ0) is 70.1. The zero-order valence-electron chi connectivity index (χ0n) is 59.0. The second kappa shape index (κ2) is 21.5. The molecule has 4 aliphatic carbocycles. The maximum absolute atomic E-state index is 5.51. The van der Waals surface area contributed by atoms with Crippen molar-refractivity contribution in [3.63, 3.8) is 0 Å². The van der Waals surface area contributed by atoms with Crippen molar-refractivity contribution in [3.8, 4) is 107 Å². The van der Waals surface area contributed by atoms with Gasteiger partial charge in [0.25, 0.3) is 0 Å². The van der Waals surface area contributed by atoms with Gasteiger partial charge in [-0.3, -0.25) is 4.57 Å².